The van der Waals surface area contributed by atoms with Crippen LogP contribution in [-0.4, -0.2) is 23.5 Å². The third-order valence-electron chi connectivity index (χ3n) is 3.66. The third-order valence-corrected chi connectivity index (χ3v) is 3.66. The van der Waals surface area contributed by atoms with Gasteiger partial charge in [0.05, 0.1) is 12.0 Å². The minimum atomic E-state index is -0.987. The average Bonchev–Trinajstić information content (AvgIpc) is 2.90. The summed E-state index contributed by atoms with van der Waals surface area (Å²) in [5, 5.41) is 12.0. The van der Waals surface area contributed by atoms with Crippen molar-refractivity contribution in [1.82, 2.24) is 5.32 Å². The van der Waals surface area contributed by atoms with Crippen LogP contribution in [-0.2, 0) is 11.2 Å². The van der Waals surface area contributed by atoms with Gasteiger partial charge in [-0.05, 0) is 30.4 Å². The first kappa shape index (κ1) is 13.6. The number of benzene rings is 1. The van der Waals surface area contributed by atoms with Gasteiger partial charge in [-0.2, -0.15) is 0 Å². The van der Waals surface area contributed by atoms with Crippen LogP contribution >= 0.6 is 0 Å². The Balaban J connectivity index is 1.89. The van der Waals surface area contributed by atoms with Crippen LogP contribution in [0.4, 0.5) is 0 Å². The van der Waals surface area contributed by atoms with E-state index in [2.05, 4.69) is 5.32 Å². The molecule has 0 bridgehead atoms. The monoisotopic (exact) mass is 261 g/mol. The Labute approximate surface area is 112 Å². The van der Waals surface area contributed by atoms with Crippen molar-refractivity contribution < 1.29 is 14.7 Å². The second-order valence-electron chi connectivity index (χ2n) is 5.09. The number of nitrogens with one attached hydrogen (secondary N) is 1. The number of amides is 1. The molecule has 1 aliphatic rings. The van der Waals surface area contributed by atoms with E-state index in [0.29, 0.717) is 18.0 Å². The summed E-state index contributed by atoms with van der Waals surface area (Å²) in [7, 11) is 0. The van der Waals surface area contributed by atoms with Gasteiger partial charge in [0.1, 0.15) is 0 Å². The number of aromatic carboxylic acids is 1. The lowest BCUT2D eigenvalue weighted by Crippen LogP contribution is -2.30. The minimum Gasteiger partial charge on any atom is -0.478 e. The number of carbonyl (C=O) groups excluding carboxylic acids is 1. The molecule has 1 amide bonds. The summed E-state index contributed by atoms with van der Waals surface area (Å²) in [6.07, 6.45) is 5.01. The first-order chi connectivity index (χ1) is 9.16. The van der Waals surface area contributed by atoms with Crippen LogP contribution in [0.2, 0.25) is 0 Å². The molecule has 4 nitrogen and oxygen atoms in total. The lowest BCUT2D eigenvalue weighted by atomic mass is 10.0. The molecule has 0 unspecified atom stereocenters. The maximum Gasteiger partial charge on any atom is 0.335 e. The summed E-state index contributed by atoms with van der Waals surface area (Å²) in [4.78, 5) is 22.9. The normalized spacial score (nSPS) is 15.4. The maximum atomic E-state index is 11.8. The van der Waals surface area contributed by atoms with E-state index in [1.807, 2.05) is 0 Å². The molecule has 0 saturated heterocycles. The quantitative estimate of drug-likeness (QED) is 0.854. The first-order valence-corrected chi connectivity index (χ1v) is 6.74. The smallest absolute Gasteiger partial charge is 0.335 e. The zero-order chi connectivity index (χ0) is 13.7. The maximum absolute atomic E-state index is 11.8. The van der Waals surface area contributed by atoms with Gasteiger partial charge in [0, 0.05) is 6.54 Å². The largest absolute Gasteiger partial charge is 0.478 e. The van der Waals surface area contributed by atoms with Crippen LogP contribution in [0.15, 0.2) is 24.3 Å². The fraction of sp³-hybridized carbons (Fsp3) is 0.467. The molecule has 1 aromatic carbocycles. The highest BCUT2D eigenvalue weighted by atomic mass is 16.4. The first-order valence-electron chi connectivity index (χ1n) is 6.74. The fourth-order valence-corrected chi connectivity index (χ4v) is 2.59. The number of rotatable bonds is 5. The Morgan fingerprint density at radius 2 is 1.89 bits per heavy atom. The van der Waals surface area contributed by atoms with Crippen molar-refractivity contribution in [2.24, 2.45) is 5.92 Å². The lowest BCUT2D eigenvalue weighted by molar-refractivity contribution is -0.120. The number of carboxylic acid groups (broad SMARTS) is 1. The lowest BCUT2D eigenvalue weighted by Gasteiger charge is -2.11. The predicted molar refractivity (Wildman–Crippen MR) is 72.1 cm³/mol. The second-order valence-corrected chi connectivity index (χ2v) is 5.09. The molecule has 0 aromatic heterocycles. The van der Waals surface area contributed by atoms with Crippen LogP contribution in [0, 0.1) is 5.92 Å². The molecular weight excluding hydrogens is 242 g/mol. The molecule has 1 aliphatic carbocycles. The van der Waals surface area contributed by atoms with Crippen molar-refractivity contribution in [3.63, 3.8) is 0 Å². The van der Waals surface area contributed by atoms with Gasteiger partial charge in [-0.15, -0.1) is 0 Å². The molecule has 102 valence electrons. The summed E-state index contributed by atoms with van der Waals surface area (Å²) < 4.78 is 0. The predicted octanol–water partition coefficient (Wildman–Crippen LogP) is 2.23. The third kappa shape index (κ3) is 3.81. The summed E-state index contributed by atoms with van der Waals surface area (Å²) >= 11 is 0. The second kappa shape index (κ2) is 6.36. The van der Waals surface area contributed by atoms with Crippen molar-refractivity contribution in [3.8, 4) is 0 Å². The standard InChI is InChI=1S/C15H19NO3/c17-14(16-10-11-5-1-2-6-11)9-12-7-3-4-8-13(12)15(18)19/h3-4,7-8,11H,1-2,5-6,9-10H2,(H,16,17)(H,18,19). The van der Waals surface area contributed by atoms with Gasteiger partial charge in [-0.25, -0.2) is 4.79 Å². The van der Waals surface area contributed by atoms with E-state index < -0.39 is 5.97 Å². The van der Waals surface area contributed by atoms with Gasteiger partial charge in [-0.1, -0.05) is 31.0 Å². The number of hydrogen-bond acceptors (Lipinski definition) is 2. The number of carboxylic acids is 1. The SMILES string of the molecule is O=C(Cc1ccccc1C(=O)O)NCC1CCCC1. The fourth-order valence-electron chi connectivity index (χ4n) is 2.59. The summed E-state index contributed by atoms with van der Waals surface area (Å²) in [6, 6.07) is 6.65. The van der Waals surface area contributed by atoms with Crippen molar-refractivity contribution in [2.75, 3.05) is 6.54 Å². The number of hydrogen-bond donors (Lipinski definition) is 2. The molecule has 2 N–H and O–H groups in total. The molecule has 2 rings (SSSR count). The summed E-state index contributed by atoms with van der Waals surface area (Å²) in [5.41, 5.74) is 0.775. The molecule has 0 aliphatic heterocycles. The molecule has 0 atom stereocenters. The molecule has 19 heavy (non-hydrogen) atoms. The Bertz CT molecular complexity index is 464. The highest BCUT2D eigenvalue weighted by Crippen LogP contribution is 2.23. The van der Waals surface area contributed by atoms with E-state index in [4.69, 9.17) is 5.11 Å². The van der Waals surface area contributed by atoms with E-state index in [9.17, 15) is 9.59 Å². The van der Waals surface area contributed by atoms with Gasteiger partial charge in [0.15, 0.2) is 0 Å². The molecule has 1 fully saturated rings. The van der Waals surface area contributed by atoms with Crippen LogP contribution < -0.4 is 5.32 Å². The van der Waals surface area contributed by atoms with E-state index in [1.54, 1.807) is 18.2 Å². The molecule has 0 spiro atoms. The Morgan fingerprint density at radius 1 is 1.21 bits per heavy atom. The molecular formula is C15H19NO3. The van der Waals surface area contributed by atoms with Gasteiger partial charge in [0.2, 0.25) is 5.91 Å². The Hall–Kier alpha value is -1.84. The van der Waals surface area contributed by atoms with Crippen molar-refractivity contribution in [1.29, 1.82) is 0 Å². The van der Waals surface area contributed by atoms with E-state index in [1.165, 1.54) is 31.7 Å². The van der Waals surface area contributed by atoms with E-state index >= 15 is 0 Å². The average molecular weight is 261 g/mol. The highest BCUT2D eigenvalue weighted by Gasteiger charge is 2.17. The molecule has 0 heterocycles. The molecule has 0 radical (unpaired) electrons. The van der Waals surface area contributed by atoms with Gasteiger partial charge < -0.3 is 10.4 Å². The van der Waals surface area contributed by atoms with Crippen LogP contribution in [0.5, 0.6) is 0 Å². The highest BCUT2D eigenvalue weighted by molar-refractivity contribution is 5.91. The zero-order valence-corrected chi connectivity index (χ0v) is 10.9. The summed E-state index contributed by atoms with van der Waals surface area (Å²) in [6.45, 7) is 0.716. The molecule has 1 saturated carbocycles. The van der Waals surface area contributed by atoms with Crippen LogP contribution in [0.3, 0.4) is 0 Å². The number of carbonyl (C=O) groups is 2. The van der Waals surface area contributed by atoms with Crippen molar-refractivity contribution in [2.45, 2.75) is 32.1 Å². The Kier molecular flexibility index (Phi) is 4.55. The topological polar surface area (TPSA) is 66.4 Å². The van der Waals surface area contributed by atoms with Gasteiger partial charge in [0.25, 0.3) is 0 Å². The van der Waals surface area contributed by atoms with Crippen molar-refractivity contribution in [3.05, 3.63) is 35.4 Å². The van der Waals surface area contributed by atoms with E-state index in [-0.39, 0.29) is 17.9 Å². The van der Waals surface area contributed by atoms with Crippen LogP contribution in [0.25, 0.3) is 0 Å². The van der Waals surface area contributed by atoms with Gasteiger partial charge >= 0.3 is 5.97 Å². The van der Waals surface area contributed by atoms with Gasteiger partial charge in [-0.3, -0.25) is 4.79 Å². The van der Waals surface area contributed by atoms with E-state index in [0.717, 1.165) is 0 Å². The van der Waals surface area contributed by atoms with Crippen LogP contribution in [0.1, 0.15) is 41.6 Å². The summed E-state index contributed by atoms with van der Waals surface area (Å²) in [5.74, 6) is -0.488. The molecule has 4 heteroatoms. The minimum absolute atomic E-state index is 0.0967. The zero-order valence-electron chi connectivity index (χ0n) is 10.9. The van der Waals surface area contributed by atoms with Crippen molar-refractivity contribution >= 4 is 11.9 Å². The molecule has 1 aromatic rings. The Morgan fingerprint density at radius 3 is 2.58 bits per heavy atom.